The van der Waals surface area contributed by atoms with Gasteiger partial charge in [0.25, 0.3) is 10.0 Å². The first kappa shape index (κ1) is 18.9. The summed E-state index contributed by atoms with van der Waals surface area (Å²) < 4.78 is 42.4. The van der Waals surface area contributed by atoms with E-state index in [0.29, 0.717) is 5.02 Å². The number of methoxy groups -OCH3 is 3. The van der Waals surface area contributed by atoms with Gasteiger partial charge in [-0.25, -0.2) is 13.2 Å². The molecule has 1 N–H and O–H groups in total. The number of carbonyl (C=O) groups excluding carboxylic acids is 1. The summed E-state index contributed by atoms with van der Waals surface area (Å²) in [7, 11) is 0.0346. The fraction of sp³-hybridized carbons (Fsp3) is 0.188. The van der Waals surface area contributed by atoms with Crippen molar-refractivity contribution < 1.29 is 27.4 Å². The first-order valence-electron chi connectivity index (χ1n) is 6.95. The molecule has 0 heterocycles. The molecule has 0 fully saturated rings. The molecule has 0 amide bonds. The molecule has 0 spiro atoms. The second kappa shape index (κ2) is 7.62. The zero-order chi connectivity index (χ0) is 18.6. The third kappa shape index (κ3) is 4.15. The van der Waals surface area contributed by atoms with Crippen molar-refractivity contribution in [3.05, 3.63) is 47.0 Å². The largest absolute Gasteiger partial charge is 0.493 e. The maximum atomic E-state index is 12.6. The van der Waals surface area contributed by atoms with Crippen LogP contribution in [0.3, 0.4) is 0 Å². The predicted molar refractivity (Wildman–Crippen MR) is 93.1 cm³/mol. The van der Waals surface area contributed by atoms with Gasteiger partial charge in [-0.3, -0.25) is 4.72 Å². The molecular weight excluding hydrogens is 370 g/mol. The van der Waals surface area contributed by atoms with Crippen molar-refractivity contribution in [2.75, 3.05) is 26.1 Å². The number of hydrogen-bond acceptors (Lipinski definition) is 6. The van der Waals surface area contributed by atoms with Crippen LogP contribution in [0, 0.1) is 0 Å². The summed E-state index contributed by atoms with van der Waals surface area (Å²) in [5, 5.41) is 0.403. The Morgan fingerprint density at radius 3 is 2.08 bits per heavy atom. The fourth-order valence-electron chi connectivity index (χ4n) is 2.06. The highest BCUT2D eigenvalue weighted by molar-refractivity contribution is 7.92. The van der Waals surface area contributed by atoms with Crippen LogP contribution in [-0.2, 0) is 14.8 Å². The van der Waals surface area contributed by atoms with E-state index >= 15 is 0 Å². The third-order valence-corrected chi connectivity index (χ3v) is 4.93. The minimum atomic E-state index is -3.95. The molecule has 0 bridgehead atoms. The quantitative estimate of drug-likeness (QED) is 0.769. The summed E-state index contributed by atoms with van der Waals surface area (Å²) in [6.07, 6.45) is 0. The van der Waals surface area contributed by atoms with E-state index < -0.39 is 16.0 Å². The van der Waals surface area contributed by atoms with Crippen molar-refractivity contribution >= 4 is 33.3 Å². The lowest BCUT2D eigenvalue weighted by atomic mass is 10.1. The smallest absolute Gasteiger partial charge is 0.340 e. The normalized spacial score (nSPS) is 10.9. The first-order valence-corrected chi connectivity index (χ1v) is 8.81. The van der Waals surface area contributed by atoms with Crippen molar-refractivity contribution in [2.45, 2.75) is 4.90 Å². The van der Waals surface area contributed by atoms with Gasteiger partial charge in [-0.2, -0.15) is 0 Å². The molecule has 0 aromatic heterocycles. The predicted octanol–water partition coefficient (Wildman–Crippen LogP) is 2.94. The van der Waals surface area contributed by atoms with Gasteiger partial charge >= 0.3 is 5.97 Å². The Kier molecular flexibility index (Phi) is 5.76. The lowest BCUT2D eigenvalue weighted by Crippen LogP contribution is -2.16. The SMILES string of the molecule is COC(=O)c1cc(OC)c(OC)cc1NS(=O)(=O)c1ccc(Cl)cc1. The van der Waals surface area contributed by atoms with Crippen molar-refractivity contribution in [3.63, 3.8) is 0 Å². The van der Waals surface area contributed by atoms with E-state index in [0.717, 1.165) is 0 Å². The van der Waals surface area contributed by atoms with Crippen molar-refractivity contribution in [1.29, 1.82) is 0 Å². The number of sulfonamides is 1. The zero-order valence-electron chi connectivity index (χ0n) is 13.7. The van der Waals surface area contributed by atoms with Gasteiger partial charge in [0.1, 0.15) is 0 Å². The van der Waals surface area contributed by atoms with Gasteiger partial charge < -0.3 is 14.2 Å². The molecule has 2 aromatic carbocycles. The minimum absolute atomic E-state index is 0.000509. The molecule has 0 unspecified atom stereocenters. The first-order chi connectivity index (χ1) is 11.8. The molecule has 0 atom stereocenters. The minimum Gasteiger partial charge on any atom is -0.493 e. The number of nitrogens with one attached hydrogen (secondary N) is 1. The van der Waals surface area contributed by atoms with Crippen LogP contribution >= 0.6 is 11.6 Å². The maximum Gasteiger partial charge on any atom is 0.340 e. The molecule has 25 heavy (non-hydrogen) atoms. The summed E-state index contributed by atoms with van der Waals surface area (Å²) in [5.41, 5.74) is -0.0165. The summed E-state index contributed by atoms with van der Waals surface area (Å²) in [6.45, 7) is 0. The number of ether oxygens (including phenoxy) is 3. The van der Waals surface area contributed by atoms with Gasteiger partial charge in [-0.05, 0) is 24.3 Å². The zero-order valence-corrected chi connectivity index (χ0v) is 15.3. The highest BCUT2D eigenvalue weighted by Gasteiger charge is 2.22. The van der Waals surface area contributed by atoms with Gasteiger partial charge in [0.05, 0.1) is 37.5 Å². The van der Waals surface area contributed by atoms with Gasteiger partial charge in [0, 0.05) is 17.2 Å². The number of benzene rings is 2. The Morgan fingerprint density at radius 1 is 1.00 bits per heavy atom. The highest BCUT2D eigenvalue weighted by Crippen LogP contribution is 2.34. The Balaban J connectivity index is 2.53. The van der Waals surface area contributed by atoms with E-state index in [1.807, 2.05) is 0 Å². The molecule has 7 nitrogen and oxygen atoms in total. The van der Waals surface area contributed by atoms with Crippen LogP contribution < -0.4 is 14.2 Å². The number of halogens is 1. The van der Waals surface area contributed by atoms with Crippen molar-refractivity contribution in [1.82, 2.24) is 0 Å². The lowest BCUT2D eigenvalue weighted by Gasteiger charge is -2.15. The van der Waals surface area contributed by atoms with Crippen LogP contribution in [-0.4, -0.2) is 35.7 Å². The maximum absolute atomic E-state index is 12.6. The van der Waals surface area contributed by atoms with Gasteiger partial charge in [0.2, 0.25) is 0 Å². The summed E-state index contributed by atoms with van der Waals surface area (Å²) >= 11 is 5.77. The molecule has 0 saturated heterocycles. The van der Waals surface area contributed by atoms with Crippen LogP contribution in [0.1, 0.15) is 10.4 Å². The number of anilines is 1. The monoisotopic (exact) mass is 385 g/mol. The summed E-state index contributed by atoms with van der Waals surface area (Å²) in [6, 6.07) is 8.29. The third-order valence-electron chi connectivity index (χ3n) is 3.30. The number of hydrogen-bond donors (Lipinski definition) is 1. The van der Waals surface area contributed by atoms with E-state index in [9.17, 15) is 13.2 Å². The molecule has 134 valence electrons. The standard InChI is InChI=1S/C16H16ClNO6S/c1-22-14-8-12(16(19)24-3)13(9-15(14)23-2)18-25(20,21)11-6-4-10(17)5-7-11/h4-9,18H,1-3H3. The number of esters is 1. The molecule has 2 rings (SSSR count). The lowest BCUT2D eigenvalue weighted by molar-refractivity contribution is 0.0601. The van der Waals surface area contributed by atoms with Crippen LogP contribution in [0.25, 0.3) is 0 Å². The fourth-order valence-corrected chi connectivity index (χ4v) is 3.26. The van der Waals surface area contributed by atoms with Crippen molar-refractivity contribution in [2.24, 2.45) is 0 Å². The average Bonchev–Trinajstić information content (AvgIpc) is 2.60. The molecule has 9 heteroatoms. The number of rotatable bonds is 6. The van der Waals surface area contributed by atoms with Crippen LogP contribution in [0.15, 0.2) is 41.3 Å². The van der Waals surface area contributed by atoms with E-state index in [1.165, 1.54) is 57.7 Å². The van der Waals surface area contributed by atoms with Gasteiger partial charge in [0.15, 0.2) is 11.5 Å². The Bertz CT molecular complexity index is 880. The highest BCUT2D eigenvalue weighted by atomic mass is 35.5. The Morgan fingerprint density at radius 2 is 1.56 bits per heavy atom. The summed E-state index contributed by atoms with van der Waals surface area (Å²) in [4.78, 5) is 12.0. The second-order valence-corrected chi connectivity index (χ2v) is 6.92. The van der Waals surface area contributed by atoms with E-state index in [-0.39, 0.29) is 27.6 Å². The molecular formula is C16H16ClNO6S. The Hall–Kier alpha value is -2.45. The molecule has 0 aliphatic rings. The van der Waals surface area contributed by atoms with Gasteiger partial charge in [-0.15, -0.1) is 0 Å². The topological polar surface area (TPSA) is 90.9 Å². The Labute approximate surface area is 150 Å². The molecule has 0 saturated carbocycles. The molecule has 0 aliphatic heterocycles. The average molecular weight is 386 g/mol. The van der Waals surface area contributed by atoms with E-state index in [4.69, 9.17) is 25.8 Å². The number of carbonyl (C=O) groups is 1. The van der Waals surface area contributed by atoms with Crippen LogP contribution in [0.2, 0.25) is 5.02 Å². The molecule has 2 aromatic rings. The molecule has 0 aliphatic carbocycles. The van der Waals surface area contributed by atoms with E-state index in [1.54, 1.807) is 0 Å². The summed E-state index contributed by atoms with van der Waals surface area (Å²) in [5.74, 6) is -0.212. The second-order valence-electron chi connectivity index (χ2n) is 4.80. The molecule has 0 radical (unpaired) electrons. The van der Waals surface area contributed by atoms with E-state index in [2.05, 4.69) is 4.72 Å². The van der Waals surface area contributed by atoms with Gasteiger partial charge in [-0.1, -0.05) is 11.6 Å². The van der Waals surface area contributed by atoms with Crippen LogP contribution in [0.4, 0.5) is 5.69 Å². The van der Waals surface area contributed by atoms with Crippen LogP contribution in [0.5, 0.6) is 11.5 Å². The van der Waals surface area contributed by atoms with Crippen molar-refractivity contribution in [3.8, 4) is 11.5 Å².